The molecule has 1 amide bonds. The van der Waals surface area contributed by atoms with Crippen LogP contribution in [-0.2, 0) is 17.6 Å². The molecule has 5 rings (SSSR count). The smallest absolute Gasteiger partial charge is 0.224 e. The molecule has 0 saturated heterocycles. The Morgan fingerprint density at radius 1 is 0.897 bits per heavy atom. The molecule has 1 aliphatic rings. The Balaban J connectivity index is 1.49. The summed E-state index contributed by atoms with van der Waals surface area (Å²) in [6.07, 6.45) is 4.17. The van der Waals surface area contributed by atoms with E-state index in [-0.39, 0.29) is 30.3 Å². The molecule has 7 heteroatoms. The van der Waals surface area contributed by atoms with Crippen molar-refractivity contribution in [3.8, 4) is 11.1 Å². The molecule has 0 unspecified atom stereocenters. The second kappa shape index (κ2) is 11.1. The lowest BCUT2D eigenvalue weighted by molar-refractivity contribution is -0.120. The van der Waals surface area contributed by atoms with E-state index in [1.54, 1.807) is 36.5 Å². The number of carbonyl (C=O) groups is 2. The first-order chi connectivity index (χ1) is 18.8. The fourth-order valence-electron chi connectivity index (χ4n) is 4.98. The summed E-state index contributed by atoms with van der Waals surface area (Å²) in [7, 11) is 0. The second-order valence-electron chi connectivity index (χ2n) is 9.59. The van der Waals surface area contributed by atoms with Crippen LogP contribution in [0, 0.1) is 17.5 Å². The molecule has 196 valence electrons. The highest BCUT2D eigenvalue weighted by Gasteiger charge is 2.24. The number of nitrogens with zero attached hydrogens (tertiary/aromatic N) is 1. The Bertz CT molecular complexity index is 1590. The van der Waals surface area contributed by atoms with Crippen LogP contribution in [0.15, 0.2) is 85.1 Å². The Kier molecular flexibility index (Phi) is 7.41. The fourth-order valence-corrected chi connectivity index (χ4v) is 4.98. The first-order valence-corrected chi connectivity index (χ1v) is 12.6. The predicted molar refractivity (Wildman–Crippen MR) is 143 cm³/mol. The Labute approximate surface area is 224 Å². The Hall–Kier alpha value is -4.52. The molecule has 1 aromatic heterocycles. The summed E-state index contributed by atoms with van der Waals surface area (Å²) in [5.74, 6) is -2.25. The van der Waals surface area contributed by atoms with Crippen LogP contribution in [0.3, 0.4) is 0 Å². The second-order valence-corrected chi connectivity index (χ2v) is 9.59. The molecule has 0 bridgehead atoms. The van der Waals surface area contributed by atoms with Gasteiger partial charge in [-0.15, -0.1) is 0 Å². The molecule has 39 heavy (non-hydrogen) atoms. The van der Waals surface area contributed by atoms with E-state index in [4.69, 9.17) is 0 Å². The zero-order chi connectivity index (χ0) is 27.5. The molecule has 1 aliphatic carbocycles. The maximum absolute atomic E-state index is 14.0. The van der Waals surface area contributed by atoms with E-state index < -0.39 is 17.7 Å². The lowest BCUT2D eigenvalue weighted by Gasteiger charge is -2.22. The topological polar surface area (TPSA) is 59.1 Å². The van der Waals surface area contributed by atoms with E-state index in [0.29, 0.717) is 39.9 Å². The number of ketones is 1. The summed E-state index contributed by atoms with van der Waals surface area (Å²) in [5, 5.41) is 2.99. The number of hydrogen-bond donors (Lipinski definition) is 1. The number of amides is 1. The summed E-state index contributed by atoms with van der Waals surface area (Å²) in [4.78, 5) is 29.9. The first-order valence-electron chi connectivity index (χ1n) is 12.6. The van der Waals surface area contributed by atoms with Crippen molar-refractivity contribution in [2.75, 3.05) is 0 Å². The summed E-state index contributed by atoms with van der Waals surface area (Å²) < 4.78 is 42.0. The minimum Gasteiger partial charge on any atom is -0.347 e. The maximum atomic E-state index is 14.0. The quantitative estimate of drug-likeness (QED) is 0.257. The first kappa shape index (κ1) is 26.1. The van der Waals surface area contributed by atoms with Crippen LogP contribution < -0.4 is 5.32 Å². The van der Waals surface area contributed by atoms with Crippen LogP contribution in [0.5, 0.6) is 0 Å². The summed E-state index contributed by atoms with van der Waals surface area (Å²) in [6.45, 7) is 1.48. The molecular weight excluding hydrogens is 501 g/mol. The van der Waals surface area contributed by atoms with Crippen molar-refractivity contribution >= 4 is 17.3 Å². The molecular formula is C32H25F3N2O2. The molecule has 3 aromatic carbocycles. The van der Waals surface area contributed by atoms with Crippen molar-refractivity contribution < 1.29 is 22.8 Å². The third-order valence-corrected chi connectivity index (χ3v) is 6.78. The van der Waals surface area contributed by atoms with Gasteiger partial charge in [0.05, 0.1) is 18.2 Å². The van der Waals surface area contributed by atoms with Crippen molar-refractivity contribution in [3.63, 3.8) is 0 Å². The van der Waals surface area contributed by atoms with Crippen molar-refractivity contribution in [3.05, 3.63) is 130 Å². The van der Waals surface area contributed by atoms with Gasteiger partial charge in [0.25, 0.3) is 0 Å². The van der Waals surface area contributed by atoms with Crippen LogP contribution in [0.1, 0.15) is 52.1 Å². The van der Waals surface area contributed by atoms with E-state index in [0.717, 1.165) is 17.2 Å². The molecule has 1 N–H and O–H groups in total. The molecule has 0 saturated carbocycles. The van der Waals surface area contributed by atoms with Gasteiger partial charge in [-0.25, -0.2) is 13.2 Å². The number of carbonyl (C=O) groups excluding carboxylic acids is 2. The highest BCUT2D eigenvalue weighted by atomic mass is 19.1. The number of pyridine rings is 1. The van der Waals surface area contributed by atoms with Crippen molar-refractivity contribution in [2.45, 2.75) is 32.2 Å². The van der Waals surface area contributed by atoms with E-state index in [9.17, 15) is 22.8 Å². The molecule has 0 fully saturated rings. The highest BCUT2D eigenvalue weighted by Crippen LogP contribution is 2.32. The maximum Gasteiger partial charge on any atom is 0.224 e. The van der Waals surface area contributed by atoms with E-state index in [1.165, 1.54) is 31.2 Å². The molecule has 0 spiro atoms. The largest absolute Gasteiger partial charge is 0.347 e. The minimum absolute atomic E-state index is 0.00640. The SMILES string of the molecule is CC(=O)c1cccc(-c2cccnc2[C@H](Cc2cc(F)cc(F)c2)NC(=O)CC2=CCc3ccc(F)cc32)c1. The lowest BCUT2D eigenvalue weighted by Crippen LogP contribution is -2.31. The highest BCUT2D eigenvalue weighted by molar-refractivity contribution is 5.95. The average molecular weight is 527 g/mol. The average Bonchev–Trinajstić information content (AvgIpc) is 3.29. The van der Waals surface area contributed by atoms with Gasteiger partial charge in [0.15, 0.2) is 5.78 Å². The number of fused-ring (bicyclic) bond motifs is 1. The van der Waals surface area contributed by atoms with E-state index >= 15 is 0 Å². The monoisotopic (exact) mass is 526 g/mol. The zero-order valence-electron chi connectivity index (χ0n) is 21.2. The van der Waals surface area contributed by atoms with Gasteiger partial charge in [0.1, 0.15) is 17.5 Å². The van der Waals surface area contributed by atoms with Crippen LogP contribution in [0.2, 0.25) is 0 Å². The third kappa shape index (κ3) is 5.98. The number of rotatable bonds is 8. The van der Waals surface area contributed by atoms with Gasteiger partial charge < -0.3 is 5.32 Å². The number of aromatic nitrogens is 1. The lowest BCUT2D eigenvalue weighted by atomic mass is 9.94. The van der Waals surface area contributed by atoms with Gasteiger partial charge in [-0.05, 0) is 84.0 Å². The van der Waals surface area contributed by atoms with E-state index in [2.05, 4.69) is 10.3 Å². The Morgan fingerprint density at radius 2 is 1.69 bits per heavy atom. The number of halogens is 3. The summed E-state index contributed by atoms with van der Waals surface area (Å²) >= 11 is 0. The fraction of sp³-hybridized carbons (Fsp3) is 0.156. The zero-order valence-corrected chi connectivity index (χ0v) is 21.2. The predicted octanol–water partition coefficient (Wildman–Crippen LogP) is 6.80. The molecule has 4 nitrogen and oxygen atoms in total. The van der Waals surface area contributed by atoms with Gasteiger partial charge in [0.2, 0.25) is 5.91 Å². The van der Waals surface area contributed by atoms with E-state index in [1.807, 2.05) is 18.2 Å². The molecule has 0 aliphatic heterocycles. The van der Waals surface area contributed by atoms with Gasteiger partial charge in [-0.1, -0.05) is 36.4 Å². The summed E-state index contributed by atoms with van der Waals surface area (Å²) in [6, 6.07) is 17.7. The van der Waals surface area contributed by atoms with Crippen LogP contribution in [0.4, 0.5) is 13.2 Å². The van der Waals surface area contributed by atoms with Crippen molar-refractivity contribution in [1.82, 2.24) is 10.3 Å². The molecule has 4 aromatic rings. The number of Topliss-reactive ketones (excluding diaryl/α,β-unsaturated/α-hetero) is 1. The summed E-state index contributed by atoms with van der Waals surface area (Å²) in [5.41, 5.74) is 5.12. The van der Waals surface area contributed by atoms with Gasteiger partial charge in [-0.2, -0.15) is 0 Å². The van der Waals surface area contributed by atoms with Crippen LogP contribution >= 0.6 is 0 Å². The number of allylic oxidation sites excluding steroid dienone is 1. The van der Waals surface area contributed by atoms with Crippen LogP contribution in [0.25, 0.3) is 16.7 Å². The van der Waals surface area contributed by atoms with Crippen molar-refractivity contribution in [1.29, 1.82) is 0 Å². The van der Waals surface area contributed by atoms with Gasteiger partial charge in [-0.3, -0.25) is 14.6 Å². The van der Waals surface area contributed by atoms with Gasteiger partial charge in [0, 0.05) is 23.4 Å². The van der Waals surface area contributed by atoms with Gasteiger partial charge >= 0.3 is 0 Å². The number of benzene rings is 3. The third-order valence-electron chi connectivity index (χ3n) is 6.78. The normalized spacial score (nSPS) is 13.0. The molecule has 1 atom stereocenters. The van der Waals surface area contributed by atoms with Crippen LogP contribution in [-0.4, -0.2) is 16.7 Å². The number of hydrogen-bond acceptors (Lipinski definition) is 3. The molecule has 1 heterocycles. The minimum atomic E-state index is -0.745. The van der Waals surface area contributed by atoms with Crippen molar-refractivity contribution in [2.24, 2.45) is 0 Å². The molecule has 0 radical (unpaired) electrons. The standard InChI is InChI=1S/C32H25F3N2O2/c1-19(38)22-4-2-5-23(15-22)28-6-3-11-36-32(28)30(14-20-12-26(34)17-27(35)13-20)37-31(39)16-24-8-7-21-9-10-25(33)18-29(21)24/h2-6,8-13,15,17-18,30H,7,14,16H2,1H3,(H,37,39)/t30-/m0/s1. The number of nitrogens with one attached hydrogen (secondary N) is 1. The Morgan fingerprint density at radius 3 is 2.46 bits per heavy atom.